The van der Waals surface area contributed by atoms with Crippen molar-refractivity contribution in [1.82, 2.24) is 10.2 Å². The summed E-state index contributed by atoms with van der Waals surface area (Å²) in [6.07, 6.45) is 4.81. The fourth-order valence-electron chi connectivity index (χ4n) is 5.24. The smallest absolute Gasteiger partial charge is 0.339 e. The second-order valence-corrected chi connectivity index (χ2v) is 9.73. The summed E-state index contributed by atoms with van der Waals surface area (Å²) in [7, 11) is 0. The van der Waals surface area contributed by atoms with Crippen molar-refractivity contribution in [1.29, 1.82) is 0 Å². The van der Waals surface area contributed by atoms with Crippen LogP contribution in [0.1, 0.15) is 55.2 Å². The van der Waals surface area contributed by atoms with Gasteiger partial charge in [0.2, 0.25) is 5.91 Å². The highest BCUT2D eigenvalue weighted by Crippen LogP contribution is 2.39. The first kappa shape index (κ1) is 24.3. The summed E-state index contributed by atoms with van der Waals surface area (Å²) in [5, 5.41) is 14.4. The van der Waals surface area contributed by atoms with Gasteiger partial charge in [0.15, 0.2) is 6.61 Å². The fourth-order valence-corrected chi connectivity index (χ4v) is 5.24. The third-order valence-corrected chi connectivity index (χ3v) is 7.62. The Kier molecular flexibility index (Phi) is 6.98. The number of nitrogens with one attached hydrogen (secondary N) is 1. The summed E-state index contributed by atoms with van der Waals surface area (Å²) >= 11 is 0. The van der Waals surface area contributed by atoms with Crippen LogP contribution >= 0.6 is 0 Å². The average molecular weight is 471 g/mol. The van der Waals surface area contributed by atoms with Gasteiger partial charge in [0.1, 0.15) is 11.3 Å². The number of amides is 2. The number of aryl methyl sites for hydroxylation is 2. The van der Waals surface area contributed by atoms with Gasteiger partial charge in [-0.3, -0.25) is 9.59 Å². The lowest BCUT2D eigenvalue weighted by molar-refractivity contribution is -0.143. The van der Waals surface area contributed by atoms with Gasteiger partial charge in [-0.05, 0) is 57.7 Å². The van der Waals surface area contributed by atoms with E-state index in [9.17, 15) is 19.5 Å². The predicted molar refractivity (Wildman–Crippen MR) is 128 cm³/mol. The van der Waals surface area contributed by atoms with E-state index in [2.05, 4.69) is 5.32 Å². The molecule has 0 spiro atoms. The van der Waals surface area contributed by atoms with Crippen LogP contribution in [0.3, 0.4) is 0 Å². The second-order valence-electron chi connectivity index (χ2n) is 9.73. The van der Waals surface area contributed by atoms with E-state index < -0.39 is 5.60 Å². The van der Waals surface area contributed by atoms with E-state index in [0.29, 0.717) is 42.0 Å². The number of likely N-dealkylation sites (tertiary alicyclic amines) is 1. The monoisotopic (exact) mass is 470 g/mol. The first-order chi connectivity index (χ1) is 16.2. The number of nitrogens with zero attached hydrogens (tertiary/aromatic N) is 1. The number of ether oxygens (including phenoxy) is 1. The number of carbonyl (C=O) groups is 2. The SMILES string of the molecule is Cc1c(C)c2ccc(OCC(=O)NCCC(=O)N3CC[C@@]4(O)CCCC[C@H]4C3)c(C)c2oc1=O. The molecule has 184 valence electrons. The van der Waals surface area contributed by atoms with Crippen molar-refractivity contribution in [3.05, 3.63) is 39.2 Å². The molecule has 4 rings (SSSR count). The average Bonchev–Trinajstić information content (AvgIpc) is 2.82. The van der Waals surface area contributed by atoms with Gasteiger partial charge in [-0.1, -0.05) is 12.8 Å². The first-order valence-electron chi connectivity index (χ1n) is 12.1. The maximum absolute atomic E-state index is 12.6. The van der Waals surface area contributed by atoms with Crippen molar-refractivity contribution in [3.8, 4) is 5.75 Å². The highest BCUT2D eigenvalue weighted by molar-refractivity contribution is 5.86. The van der Waals surface area contributed by atoms with Crippen LogP contribution in [0.5, 0.6) is 5.75 Å². The maximum Gasteiger partial charge on any atom is 0.339 e. The molecule has 2 amide bonds. The number of piperidine rings is 1. The summed E-state index contributed by atoms with van der Waals surface area (Å²) in [4.78, 5) is 38.7. The lowest BCUT2D eigenvalue weighted by atomic mass is 9.71. The van der Waals surface area contributed by atoms with Crippen LogP contribution in [-0.2, 0) is 9.59 Å². The molecule has 2 aliphatic rings. The van der Waals surface area contributed by atoms with E-state index >= 15 is 0 Å². The molecular weight excluding hydrogens is 436 g/mol. The van der Waals surface area contributed by atoms with Gasteiger partial charge >= 0.3 is 5.63 Å². The molecule has 0 bridgehead atoms. The quantitative estimate of drug-likeness (QED) is 0.629. The molecule has 0 radical (unpaired) electrons. The maximum atomic E-state index is 12.6. The Morgan fingerprint density at radius 2 is 1.97 bits per heavy atom. The molecule has 1 aliphatic heterocycles. The van der Waals surface area contributed by atoms with Gasteiger partial charge in [-0.25, -0.2) is 4.79 Å². The van der Waals surface area contributed by atoms with E-state index in [4.69, 9.17) is 9.15 Å². The van der Waals surface area contributed by atoms with Crippen molar-refractivity contribution in [2.45, 2.75) is 64.9 Å². The van der Waals surface area contributed by atoms with Gasteiger partial charge in [0, 0.05) is 48.5 Å². The third-order valence-electron chi connectivity index (χ3n) is 7.62. The summed E-state index contributed by atoms with van der Waals surface area (Å²) < 4.78 is 11.1. The Morgan fingerprint density at radius 1 is 1.18 bits per heavy atom. The molecule has 0 unspecified atom stereocenters. The molecule has 2 heterocycles. The normalized spacial score (nSPS) is 22.4. The largest absolute Gasteiger partial charge is 0.483 e. The Labute approximate surface area is 199 Å². The molecule has 1 aromatic carbocycles. The Balaban J connectivity index is 1.26. The van der Waals surface area contributed by atoms with E-state index in [1.54, 1.807) is 19.9 Å². The zero-order chi connectivity index (χ0) is 24.5. The summed E-state index contributed by atoms with van der Waals surface area (Å²) in [6, 6.07) is 3.59. The van der Waals surface area contributed by atoms with E-state index in [-0.39, 0.29) is 42.9 Å². The Bertz CT molecular complexity index is 1160. The lowest BCUT2D eigenvalue weighted by Gasteiger charge is -2.47. The van der Waals surface area contributed by atoms with Gasteiger partial charge in [0.05, 0.1) is 5.60 Å². The molecule has 1 aliphatic carbocycles. The van der Waals surface area contributed by atoms with Crippen LogP contribution in [0.4, 0.5) is 0 Å². The third kappa shape index (κ3) is 4.82. The number of fused-ring (bicyclic) bond motifs is 2. The number of aliphatic hydroxyl groups is 1. The zero-order valence-electron chi connectivity index (χ0n) is 20.2. The molecule has 34 heavy (non-hydrogen) atoms. The highest BCUT2D eigenvalue weighted by atomic mass is 16.5. The minimum Gasteiger partial charge on any atom is -0.483 e. The first-order valence-corrected chi connectivity index (χ1v) is 12.1. The number of hydrogen-bond donors (Lipinski definition) is 2. The Hall–Kier alpha value is -2.87. The van der Waals surface area contributed by atoms with Gasteiger partial charge in [0.25, 0.3) is 5.91 Å². The minimum atomic E-state index is -0.610. The van der Waals surface area contributed by atoms with Crippen LogP contribution in [0.15, 0.2) is 21.3 Å². The predicted octanol–water partition coefficient (Wildman–Crippen LogP) is 2.76. The van der Waals surface area contributed by atoms with Crippen molar-refractivity contribution in [3.63, 3.8) is 0 Å². The van der Waals surface area contributed by atoms with Crippen molar-refractivity contribution in [2.24, 2.45) is 5.92 Å². The van der Waals surface area contributed by atoms with Gasteiger partial charge < -0.3 is 24.5 Å². The molecule has 1 saturated carbocycles. The minimum absolute atomic E-state index is 0.0000857. The number of carbonyl (C=O) groups excluding carboxylic acids is 2. The molecule has 2 N–H and O–H groups in total. The second kappa shape index (κ2) is 9.78. The molecule has 1 saturated heterocycles. The molecular formula is C26H34N2O6. The lowest BCUT2D eigenvalue weighted by Crippen LogP contribution is -2.54. The molecule has 2 aromatic rings. The summed E-state index contributed by atoms with van der Waals surface area (Å²) in [5.41, 5.74) is 1.58. The molecule has 8 heteroatoms. The van der Waals surface area contributed by atoms with Crippen LogP contribution in [0.2, 0.25) is 0 Å². The van der Waals surface area contributed by atoms with Crippen molar-refractivity contribution in [2.75, 3.05) is 26.2 Å². The molecule has 2 atom stereocenters. The van der Waals surface area contributed by atoms with E-state index in [1.807, 2.05) is 17.9 Å². The number of hydrogen-bond acceptors (Lipinski definition) is 6. The number of rotatable bonds is 6. The molecule has 2 fully saturated rings. The summed E-state index contributed by atoms with van der Waals surface area (Å²) in [5.74, 6) is 0.303. The van der Waals surface area contributed by atoms with Crippen LogP contribution in [0.25, 0.3) is 11.0 Å². The van der Waals surface area contributed by atoms with Crippen LogP contribution in [0, 0.1) is 26.7 Å². The summed E-state index contributed by atoms with van der Waals surface area (Å²) in [6.45, 7) is 6.60. The zero-order valence-corrected chi connectivity index (χ0v) is 20.2. The van der Waals surface area contributed by atoms with E-state index in [0.717, 1.165) is 36.6 Å². The van der Waals surface area contributed by atoms with Crippen molar-refractivity contribution < 1.29 is 23.8 Å². The molecule has 1 aromatic heterocycles. The van der Waals surface area contributed by atoms with Crippen molar-refractivity contribution >= 4 is 22.8 Å². The Morgan fingerprint density at radius 3 is 2.76 bits per heavy atom. The van der Waals surface area contributed by atoms with Crippen LogP contribution < -0.4 is 15.7 Å². The topological polar surface area (TPSA) is 109 Å². The van der Waals surface area contributed by atoms with Gasteiger partial charge in [-0.2, -0.15) is 0 Å². The fraction of sp³-hybridized carbons (Fsp3) is 0.577. The number of benzene rings is 1. The van der Waals surface area contributed by atoms with Gasteiger partial charge in [-0.15, -0.1) is 0 Å². The standard InChI is InChI=1S/C26H34N2O6/c1-16-17(2)25(31)34-24-18(3)21(8-7-20(16)24)33-15-22(29)27-12-9-23(30)28-13-11-26(32)10-5-4-6-19(26)14-28/h7-8,19,32H,4-6,9-15H2,1-3H3,(H,27,29)/t19-,26-/m0/s1. The van der Waals surface area contributed by atoms with E-state index in [1.165, 1.54) is 0 Å². The van der Waals surface area contributed by atoms with Crippen LogP contribution in [-0.4, -0.2) is 53.7 Å². The highest BCUT2D eigenvalue weighted by Gasteiger charge is 2.43. The molecule has 8 nitrogen and oxygen atoms in total.